The molecule has 0 aliphatic carbocycles. The first kappa shape index (κ1) is 24.7. The zero-order valence-corrected chi connectivity index (χ0v) is 21.6. The van der Waals surface area contributed by atoms with Gasteiger partial charge in [0.05, 0.1) is 11.3 Å². The number of nitrogens with one attached hydrogen (secondary N) is 1. The Kier molecular flexibility index (Phi) is 7.41. The molecule has 2 heterocycles. The molecule has 0 bridgehead atoms. The number of nitrogens with zero attached hydrogens (tertiary/aromatic N) is 4. The minimum atomic E-state index is -0.788. The molecule has 2 aromatic carbocycles. The standard InChI is InChI=1S/C29H37N5O/c1-6-32(7-2)24-17-13-22(14-18-24)29(23-15-19-25(20-16-23)33(8-3)9-4)27-26(12-11-21-30-27)28(35)34(10-5)31-29/h11-21,31H,6-10H2,1-5H3. The molecular weight excluding hydrogens is 434 g/mol. The van der Waals surface area contributed by atoms with Crippen LogP contribution in [0.4, 0.5) is 11.4 Å². The van der Waals surface area contributed by atoms with Gasteiger partial charge in [0.25, 0.3) is 5.91 Å². The smallest absolute Gasteiger partial charge is 0.269 e. The quantitative estimate of drug-likeness (QED) is 0.474. The highest BCUT2D eigenvalue weighted by Gasteiger charge is 2.46. The molecule has 3 aromatic rings. The molecule has 0 fully saturated rings. The first-order valence-corrected chi connectivity index (χ1v) is 12.8. The van der Waals surface area contributed by atoms with E-state index in [0.29, 0.717) is 12.1 Å². The van der Waals surface area contributed by atoms with E-state index in [4.69, 9.17) is 4.98 Å². The van der Waals surface area contributed by atoms with Gasteiger partial charge in [0.15, 0.2) is 0 Å². The molecule has 6 heteroatoms. The zero-order valence-electron chi connectivity index (χ0n) is 21.6. The van der Waals surface area contributed by atoms with Crippen LogP contribution < -0.4 is 15.2 Å². The van der Waals surface area contributed by atoms with Crippen molar-refractivity contribution in [2.45, 2.75) is 40.2 Å². The van der Waals surface area contributed by atoms with Crippen molar-refractivity contribution in [2.75, 3.05) is 42.5 Å². The van der Waals surface area contributed by atoms with Crippen LogP contribution in [0.25, 0.3) is 0 Å². The summed E-state index contributed by atoms with van der Waals surface area (Å²) in [5.74, 6) is -0.0502. The number of rotatable bonds is 9. The third-order valence-corrected chi connectivity index (χ3v) is 7.12. The largest absolute Gasteiger partial charge is 0.372 e. The van der Waals surface area contributed by atoms with Crippen molar-refractivity contribution in [3.05, 3.63) is 89.2 Å². The lowest BCUT2D eigenvalue weighted by atomic mass is 9.77. The second-order valence-electron chi connectivity index (χ2n) is 8.75. The topological polar surface area (TPSA) is 51.7 Å². The van der Waals surface area contributed by atoms with Crippen LogP contribution in [-0.2, 0) is 5.54 Å². The molecule has 0 saturated heterocycles. The van der Waals surface area contributed by atoms with Crippen molar-refractivity contribution >= 4 is 17.3 Å². The number of carbonyl (C=O) groups excluding carboxylic acids is 1. The molecule has 1 N–H and O–H groups in total. The number of hydrazine groups is 1. The summed E-state index contributed by atoms with van der Waals surface area (Å²) in [6.07, 6.45) is 1.78. The highest BCUT2D eigenvalue weighted by molar-refractivity contribution is 5.97. The summed E-state index contributed by atoms with van der Waals surface area (Å²) in [4.78, 5) is 22.7. The molecule has 1 amide bonds. The van der Waals surface area contributed by atoms with Gasteiger partial charge in [-0.15, -0.1) is 0 Å². The number of aromatic nitrogens is 1. The van der Waals surface area contributed by atoms with Gasteiger partial charge in [0.1, 0.15) is 5.54 Å². The summed E-state index contributed by atoms with van der Waals surface area (Å²) in [7, 11) is 0. The van der Waals surface area contributed by atoms with Crippen molar-refractivity contribution in [3.63, 3.8) is 0 Å². The number of hydrogen-bond acceptors (Lipinski definition) is 5. The number of fused-ring (bicyclic) bond motifs is 1. The number of hydrogen-bond donors (Lipinski definition) is 1. The Hall–Kier alpha value is -3.38. The summed E-state index contributed by atoms with van der Waals surface area (Å²) >= 11 is 0. The van der Waals surface area contributed by atoms with Gasteiger partial charge in [-0.25, -0.2) is 5.43 Å². The van der Waals surface area contributed by atoms with E-state index in [1.165, 1.54) is 11.4 Å². The summed E-state index contributed by atoms with van der Waals surface area (Å²) in [5.41, 5.74) is 8.66. The maximum atomic E-state index is 13.3. The Morgan fingerprint density at radius 2 is 1.26 bits per heavy atom. The third-order valence-electron chi connectivity index (χ3n) is 7.12. The molecule has 0 radical (unpaired) electrons. The summed E-state index contributed by atoms with van der Waals surface area (Å²) in [6.45, 7) is 15.0. The van der Waals surface area contributed by atoms with Gasteiger partial charge < -0.3 is 9.80 Å². The van der Waals surface area contributed by atoms with Gasteiger partial charge in [-0.05, 0) is 82.1 Å². The molecule has 0 saturated carbocycles. The molecular formula is C29H37N5O. The normalized spacial score (nSPS) is 14.5. The van der Waals surface area contributed by atoms with E-state index in [9.17, 15) is 4.79 Å². The molecule has 1 aliphatic heterocycles. The van der Waals surface area contributed by atoms with Gasteiger partial charge in [-0.3, -0.25) is 14.8 Å². The van der Waals surface area contributed by atoms with Gasteiger partial charge in [-0.1, -0.05) is 24.3 Å². The molecule has 184 valence electrons. The van der Waals surface area contributed by atoms with Crippen LogP contribution in [0.15, 0.2) is 66.9 Å². The number of benzene rings is 2. The zero-order chi connectivity index (χ0) is 25.0. The predicted octanol–water partition coefficient (Wildman–Crippen LogP) is 5.05. The molecule has 0 atom stereocenters. The van der Waals surface area contributed by atoms with E-state index in [-0.39, 0.29) is 5.91 Å². The first-order chi connectivity index (χ1) is 17.0. The molecule has 0 spiro atoms. The fraction of sp³-hybridized carbons (Fsp3) is 0.379. The Bertz CT molecular complexity index is 1080. The van der Waals surface area contributed by atoms with Gasteiger partial charge in [0.2, 0.25) is 0 Å². The maximum Gasteiger partial charge on any atom is 0.269 e. The maximum absolute atomic E-state index is 13.3. The summed E-state index contributed by atoms with van der Waals surface area (Å²) < 4.78 is 0. The second-order valence-corrected chi connectivity index (χ2v) is 8.75. The molecule has 6 nitrogen and oxygen atoms in total. The van der Waals surface area contributed by atoms with Crippen LogP contribution in [0.2, 0.25) is 0 Å². The van der Waals surface area contributed by atoms with Crippen LogP contribution in [0.5, 0.6) is 0 Å². The van der Waals surface area contributed by atoms with Crippen molar-refractivity contribution in [1.29, 1.82) is 0 Å². The first-order valence-electron chi connectivity index (χ1n) is 12.8. The Morgan fingerprint density at radius 1 is 0.771 bits per heavy atom. The van der Waals surface area contributed by atoms with Gasteiger partial charge in [0, 0.05) is 50.3 Å². The second kappa shape index (κ2) is 10.5. The molecule has 0 unspecified atom stereocenters. The Labute approximate surface area is 209 Å². The highest BCUT2D eigenvalue weighted by atomic mass is 16.2. The molecule has 1 aromatic heterocycles. The number of pyridine rings is 1. The van der Waals surface area contributed by atoms with E-state index in [0.717, 1.165) is 43.0 Å². The highest BCUT2D eigenvalue weighted by Crippen LogP contribution is 2.41. The van der Waals surface area contributed by atoms with Crippen molar-refractivity contribution in [2.24, 2.45) is 0 Å². The van der Waals surface area contributed by atoms with Crippen LogP contribution in [0, 0.1) is 0 Å². The van der Waals surface area contributed by atoms with Gasteiger partial charge >= 0.3 is 0 Å². The van der Waals surface area contributed by atoms with E-state index >= 15 is 0 Å². The van der Waals surface area contributed by atoms with E-state index in [1.54, 1.807) is 11.2 Å². The predicted molar refractivity (Wildman–Crippen MR) is 144 cm³/mol. The fourth-order valence-corrected chi connectivity index (χ4v) is 5.14. The van der Waals surface area contributed by atoms with Crippen LogP contribution >= 0.6 is 0 Å². The van der Waals surface area contributed by atoms with Crippen LogP contribution in [-0.4, -0.2) is 48.6 Å². The molecule has 35 heavy (non-hydrogen) atoms. The number of carbonyl (C=O) groups is 1. The lowest BCUT2D eigenvalue weighted by molar-refractivity contribution is 0.0545. The van der Waals surface area contributed by atoms with Crippen molar-refractivity contribution in [3.8, 4) is 0 Å². The number of anilines is 2. The Morgan fingerprint density at radius 3 is 1.69 bits per heavy atom. The fourth-order valence-electron chi connectivity index (χ4n) is 5.14. The molecule has 4 rings (SSSR count). The summed E-state index contributed by atoms with van der Waals surface area (Å²) in [5, 5.41) is 1.71. The van der Waals surface area contributed by atoms with Crippen LogP contribution in [0.3, 0.4) is 0 Å². The summed E-state index contributed by atoms with van der Waals surface area (Å²) in [6, 6.07) is 21.1. The van der Waals surface area contributed by atoms with Gasteiger partial charge in [-0.2, -0.15) is 0 Å². The monoisotopic (exact) mass is 471 g/mol. The Balaban J connectivity index is 1.93. The molecule has 1 aliphatic rings. The minimum absolute atomic E-state index is 0.0502. The average Bonchev–Trinajstić information content (AvgIpc) is 2.92. The van der Waals surface area contributed by atoms with Crippen LogP contribution in [0.1, 0.15) is 61.8 Å². The minimum Gasteiger partial charge on any atom is -0.372 e. The number of amides is 1. The van der Waals surface area contributed by atoms with Crippen molar-refractivity contribution < 1.29 is 4.79 Å². The SMILES string of the molecule is CCN1NC(c2ccc(N(CC)CC)cc2)(c2ccc(N(CC)CC)cc2)c2ncccc2C1=O. The van der Waals surface area contributed by atoms with Crippen molar-refractivity contribution in [1.82, 2.24) is 15.4 Å². The van der Waals surface area contributed by atoms with E-state index in [2.05, 4.69) is 91.5 Å². The van der Waals surface area contributed by atoms with E-state index < -0.39 is 5.54 Å². The lowest BCUT2D eigenvalue weighted by Crippen LogP contribution is -2.60. The third kappa shape index (κ3) is 4.27. The van der Waals surface area contributed by atoms with E-state index in [1.807, 2.05) is 19.1 Å². The average molecular weight is 472 g/mol. The lowest BCUT2D eigenvalue weighted by Gasteiger charge is -2.44.